The molecule has 0 spiro atoms. The van der Waals surface area contributed by atoms with Crippen LogP contribution in [0.2, 0.25) is 0 Å². The van der Waals surface area contributed by atoms with Gasteiger partial charge in [0.2, 0.25) is 0 Å². The maximum atomic E-state index is 14.0. The first-order valence-corrected chi connectivity index (χ1v) is 21.8. The molecule has 0 bridgehead atoms. The zero-order valence-electron chi connectivity index (χ0n) is 33.9. The van der Waals surface area contributed by atoms with Crippen molar-refractivity contribution in [1.82, 2.24) is 20.5 Å². The summed E-state index contributed by atoms with van der Waals surface area (Å²) in [5.74, 6) is -0.983. The molecule has 6 rings (SSSR count). The van der Waals surface area contributed by atoms with Gasteiger partial charge < -0.3 is 30.3 Å². The van der Waals surface area contributed by atoms with Crippen LogP contribution in [0.4, 0.5) is 9.93 Å². The van der Waals surface area contributed by atoms with Crippen LogP contribution in [0.15, 0.2) is 111 Å². The average molecular weight is 857 g/mol. The number of carbonyl (C=O) groups is 4. The number of rotatable bonds is 14. The third kappa shape index (κ3) is 10.1. The van der Waals surface area contributed by atoms with Gasteiger partial charge in [0.05, 0.1) is 10.3 Å². The van der Waals surface area contributed by atoms with Gasteiger partial charge in [-0.3, -0.25) is 14.5 Å². The first-order chi connectivity index (χ1) is 28.1. The van der Waals surface area contributed by atoms with E-state index in [0.29, 0.717) is 20.9 Å². The molecule has 3 N–H and O–H groups in total. The lowest BCUT2D eigenvalue weighted by Gasteiger charge is -2.50. The second kappa shape index (κ2) is 18.3. The molecule has 3 aromatic carbocycles. The molecule has 0 saturated carbocycles. The van der Waals surface area contributed by atoms with Crippen molar-refractivity contribution < 1.29 is 33.5 Å². The van der Waals surface area contributed by atoms with Gasteiger partial charge in [0, 0.05) is 23.4 Å². The predicted molar refractivity (Wildman–Crippen MR) is 233 cm³/mol. The molecule has 1 fully saturated rings. The minimum atomic E-state index is -0.951. The quantitative estimate of drug-likeness (QED) is 0.0296. The number of alkyl carbamates (subject to hydrolysis) is 1. The summed E-state index contributed by atoms with van der Waals surface area (Å²) < 4.78 is 11.6. The maximum absolute atomic E-state index is 14.0. The minimum Gasteiger partial charge on any atom is -0.455 e. The molecule has 1 aromatic heterocycles. The van der Waals surface area contributed by atoms with E-state index in [-0.39, 0.29) is 23.6 Å². The molecular weight excluding hydrogens is 809 g/mol. The summed E-state index contributed by atoms with van der Waals surface area (Å²) >= 11 is 4.02. The van der Waals surface area contributed by atoms with Crippen molar-refractivity contribution in [2.45, 2.75) is 70.4 Å². The summed E-state index contributed by atoms with van der Waals surface area (Å²) in [5.41, 5.74) is 0.859. The highest BCUT2D eigenvalue weighted by molar-refractivity contribution is 8.22. The van der Waals surface area contributed by atoms with E-state index in [0.717, 1.165) is 16.7 Å². The van der Waals surface area contributed by atoms with Crippen LogP contribution in [0.5, 0.6) is 0 Å². The first-order valence-electron chi connectivity index (χ1n) is 19.0. The third-order valence-corrected chi connectivity index (χ3v) is 12.3. The molecule has 59 heavy (non-hydrogen) atoms. The fourth-order valence-electron chi connectivity index (χ4n) is 6.59. The van der Waals surface area contributed by atoms with Gasteiger partial charge in [-0.25, -0.2) is 14.6 Å². The van der Waals surface area contributed by atoms with Gasteiger partial charge in [-0.2, -0.15) is 0 Å². The van der Waals surface area contributed by atoms with Crippen LogP contribution in [-0.2, 0) is 34.2 Å². The molecule has 3 heterocycles. The van der Waals surface area contributed by atoms with Crippen LogP contribution >= 0.6 is 34.9 Å². The zero-order valence-corrected chi connectivity index (χ0v) is 36.4. The van der Waals surface area contributed by atoms with Crippen molar-refractivity contribution in [2.24, 2.45) is 5.16 Å². The van der Waals surface area contributed by atoms with Crippen LogP contribution in [0, 0.1) is 0 Å². The zero-order chi connectivity index (χ0) is 42.4. The summed E-state index contributed by atoms with van der Waals surface area (Å²) in [6.07, 6.45) is -0.548. The van der Waals surface area contributed by atoms with E-state index in [9.17, 15) is 19.2 Å². The number of ether oxygens (including phenoxy) is 2. The Labute approximate surface area is 356 Å². The Balaban J connectivity index is 1.21. The van der Waals surface area contributed by atoms with Crippen molar-refractivity contribution in [2.75, 3.05) is 30.5 Å². The number of carbonyl (C=O) groups excluding carboxylic acids is 4. The summed E-state index contributed by atoms with van der Waals surface area (Å²) in [5, 5.41) is 15.5. The second-order valence-corrected chi connectivity index (χ2v) is 18.8. The topological polar surface area (TPSA) is 161 Å². The molecule has 310 valence electrons. The number of aromatic nitrogens is 1. The lowest BCUT2D eigenvalue weighted by molar-refractivity contribution is -0.160. The highest BCUT2D eigenvalue weighted by Crippen LogP contribution is 2.45. The lowest BCUT2D eigenvalue weighted by Crippen LogP contribution is -2.73. The number of esters is 1. The van der Waals surface area contributed by atoms with E-state index in [1.807, 2.05) is 54.6 Å². The van der Waals surface area contributed by atoms with E-state index >= 15 is 0 Å². The van der Waals surface area contributed by atoms with Crippen molar-refractivity contribution in [1.29, 1.82) is 0 Å². The molecule has 0 aliphatic carbocycles. The van der Waals surface area contributed by atoms with E-state index in [1.165, 1.54) is 46.9 Å². The summed E-state index contributed by atoms with van der Waals surface area (Å²) in [6, 6.07) is 28.7. The lowest BCUT2D eigenvalue weighted by atomic mass is 9.77. The molecule has 2 aliphatic rings. The standard InChI is InChI=1S/C43H48N6O7S3/c1-41(2,3)55-37(52)34-38(57-24-23-44-40(53)56-42(4,5)6)58-26-31-33(36(51)49(31)34)46-35(50)32(48-54-7)30-25-59-39(45-30)47-43(27-17-11-8-12-18-27,28-19-13-9-14-20-28)29-21-15-10-16-22-29/h8-22,25,31,33H,23-24,26H2,1-7H3,(H,44,53)(H,45,47)(H,46,50). The Hall–Kier alpha value is -5.32. The Bertz CT molecular complexity index is 2110. The Morgan fingerprint density at radius 2 is 1.42 bits per heavy atom. The molecule has 1 saturated heterocycles. The van der Waals surface area contributed by atoms with E-state index in [4.69, 9.17) is 19.3 Å². The molecule has 3 amide bonds. The number of nitrogens with zero attached hydrogens (tertiary/aromatic N) is 3. The number of hydrogen-bond donors (Lipinski definition) is 3. The molecule has 0 radical (unpaired) electrons. The van der Waals surface area contributed by atoms with Crippen molar-refractivity contribution in [3.8, 4) is 0 Å². The van der Waals surface area contributed by atoms with E-state index in [1.54, 1.807) is 46.9 Å². The van der Waals surface area contributed by atoms with Crippen LogP contribution in [0.3, 0.4) is 0 Å². The summed E-state index contributed by atoms with van der Waals surface area (Å²) in [6.45, 7) is 10.9. The Kier molecular flexibility index (Phi) is 13.4. The normalized spacial score (nSPS) is 17.0. The predicted octanol–water partition coefficient (Wildman–Crippen LogP) is 7.11. The fourth-order valence-corrected chi connectivity index (χ4v) is 9.82. The monoisotopic (exact) mass is 856 g/mol. The number of anilines is 1. The van der Waals surface area contributed by atoms with Gasteiger partial charge in [0.25, 0.3) is 11.8 Å². The number of β-lactam (4-membered cyclic amide) rings is 1. The molecule has 13 nitrogen and oxygen atoms in total. The smallest absolute Gasteiger partial charge is 0.407 e. The fraction of sp³-hybridized carbons (Fsp3) is 0.349. The summed E-state index contributed by atoms with van der Waals surface area (Å²) in [7, 11) is 1.33. The van der Waals surface area contributed by atoms with Gasteiger partial charge in [-0.05, 0) is 58.2 Å². The highest BCUT2D eigenvalue weighted by atomic mass is 32.2. The molecule has 2 unspecified atom stereocenters. The maximum Gasteiger partial charge on any atom is 0.407 e. The number of oxime groups is 1. The van der Waals surface area contributed by atoms with Gasteiger partial charge in [0.15, 0.2) is 16.5 Å². The number of thiazole rings is 1. The molecule has 2 atom stereocenters. The Morgan fingerprint density at radius 3 is 1.95 bits per heavy atom. The number of thioether (sulfide) groups is 2. The van der Waals surface area contributed by atoms with E-state index in [2.05, 4.69) is 57.5 Å². The average Bonchev–Trinajstić information content (AvgIpc) is 3.66. The van der Waals surface area contributed by atoms with Crippen molar-refractivity contribution in [3.63, 3.8) is 0 Å². The van der Waals surface area contributed by atoms with Crippen molar-refractivity contribution in [3.05, 3.63) is 129 Å². The van der Waals surface area contributed by atoms with Gasteiger partial charge in [-0.1, -0.05) is 96.2 Å². The van der Waals surface area contributed by atoms with Crippen LogP contribution in [-0.4, -0.2) is 87.9 Å². The van der Waals surface area contributed by atoms with Crippen LogP contribution in [0.25, 0.3) is 0 Å². The number of amides is 3. The van der Waals surface area contributed by atoms with Gasteiger partial charge >= 0.3 is 12.1 Å². The van der Waals surface area contributed by atoms with Crippen LogP contribution in [0.1, 0.15) is 63.9 Å². The number of fused-ring (bicyclic) bond motifs is 1. The SMILES string of the molecule is CON=C(C(=O)NC1C(=O)N2C(C(=O)OC(C)(C)C)=C(SCCNC(=O)OC(C)(C)C)SCC12)c1csc(NC(c2ccccc2)(c2ccccc2)c2ccccc2)n1. The molecule has 4 aromatic rings. The first kappa shape index (κ1) is 43.3. The van der Waals surface area contributed by atoms with Crippen molar-refractivity contribution >= 4 is 69.6 Å². The minimum absolute atomic E-state index is 0.110. The largest absolute Gasteiger partial charge is 0.455 e. The molecule has 16 heteroatoms. The Morgan fingerprint density at radius 1 is 0.864 bits per heavy atom. The van der Waals surface area contributed by atoms with Gasteiger partial charge in [-0.15, -0.1) is 34.9 Å². The van der Waals surface area contributed by atoms with Crippen LogP contribution < -0.4 is 16.0 Å². The van der Waals surface area contributed by atoms with Gasteiger partial charge in [0.1, 0.15) is 35.6 Å². The molecular formula is C43H48N6O7S3. The second-order valence-electron chi connectivity index (χ2n) is 15.6. The number of hydrogen-bond acceptors (Lipinski definition) is 13. The number of benzene rings is 3. The third-order valence-electron chi connectivity index (χ3n) is 8.98. The number of nitrogens with one attached hydrogen (secondary N) is 3. The molecule has 2 aliphatic heterocycles. The summed E-state index contributed by atoms with van der Waals surface area (Å²) in [4.78, 5) is 65.0. The van der Waals surface area contributed by atoms with E-state index < -0.39 is 52.7 Å². The highest BCUT2D eigenvalue weighted by Gasteiger charge is 2.55.